The van der Waals surface area contributed by atoms with Gasteiger partial charge in [0.25, 0.3) is 0 Å². The van der Waals surface area contributed by atoms with Gasteiger partial charge in [0.1, 0.15) is 6.10 Å². The quantitative estimate of drug-likeness (QED) is 0.365. The average molecular weight is 317 g/mol. The summed E-state index contributed by atoms with van der Waals surface area (Å²) in [4.78, 5) is 0. The Labute approximate surface area is 138 Å². The van der Waals surface area contributed by atoms with Gasteiger partial charge in [-0.15, -0.1) is 0 Å². The van der Waals surface area contributed by atoms with E-state index in [1.54, 1.807) is 0 Å². The fraction of sp³-hybridized carbons (Fsp3) is 1.00. The predicted octanol–water partition coefficient (Wildman–Crippen LogP) is 4.57. The average Bonchev–Trinajstić information content (AvgIpc) is 2.53. The van der Waals surface area contributed by atoms with Crippen molar-refractivity contribution >= 4 is 0 Å². The largest absolute Gasteiger partial charge is 0.394 e. The van der Waals surface area contributed by atoms with Crippen molar-refractivity contribution < 1.29 is 15.3 Å². The van der Waals surface area contributed by atoms with Crippen molar-refractivity contribution in [3.8, 4) is 0 Å². The molecule has 0 heterocycles. The Kier molecular flexibility index (Phi) is 14.4. The molecule has 0 fully saturated rings. The Balaban J connectivity index is 3.96. The lowest BCUT2D eigenvalue weighted by atomic mass is 9.85. The molecule has 0 aliphatic rings. The first kappa shape index (κ1) is 21.9. The third-order valence-corrected chi connectivity index (χ3v) is 4.72. The van der Waals surface area contributed by atoms with Crippen molar-refractivity contribution in [3.05, 3.63) is 0 Å². The van der Waals surface area contributed by atoms with Crippen LogP contribution in [0.1, 0.15) is 104 Å². The maximum atomic E-state index is 10.7. The van der Waals surface area contributed by atoms with Gasteiger partial charge in [-0.05, 0) is 12.8 Å². The summed E-state index contributed by atoms with van der Waals surface area (Å²) < 4.78 is 0. The number of unbranched alkanes of at least 4 members (excludes halogenated alkanes) is 10. The van der Waals surface area contributed by atoms with Crippen LogP contribution in [0, 0.1) is 0 Å². The number of aliphatic hydroxyl groups excluding tert-OH is 2. The van der Waals surface area contributed by atoms with Crippen LogP contribution in [0.25, 0.3) is 0 Å². The second kappa shape index (κ2) is 14.5. The monoisotopic (exact) mass is 316 g/mol. The molecule has 22 heavy (non-hydrogen) atoms. The first-order valence-corrected chi connectivity index (χ1v) is 9.62. The first-order valence-electron chi connectivity index (χ1n) is 9.62. The molecule has 0 amide bonds. The Morgan fingerprint density at radius 3 is 1.41 bits per heavy atom. The summed E-state index contributed by atoms with van der Waals surface area (Å²) in [6.45, 7) is 4.07. The van der Waals surface area contributed by atoms with Crippen LogP contribution < -0.4 is 0 Å². The fourth-order valence-electron chi connectivity index (χ4n) is 3.05. The maximum Gasteiger partial charge on any atom is 0.106 e. The molecule has 0 aromatic rings. The van der Waals surface area contributed by atoms with E-state index in [2.05, 4.69) is 13.8 Å². The van der Waals surface area contributed by atoms with E-state index in [0.29, 0.717) is 12.8 Å². The lowest BCUT2D eigenvalue weighted by Gasteiger charge is -2.32. The zero-order valence-corrected chi connectivity index (χ0v) is 15.0. The minimum Gasteiger partial charge on any atom is -0.394 e. The van der Waals surface area contributed by atoms with E-state index < -0.39 is 11.7 Å². The van der Waals surface area contributed by atoms with E-state index in [4.69, 9.17) is 0 Å². The lowest BCUT2D eigenvalue weighted by molar-refractivity contribution is -0.106. The minimum absolute atomic E-state index is 0.345. The highest BCUT2D eigenvalue weighted by Gasteiger charge is 2.33. The van der Waals surface area contributed by atoms with E-state index in [1.807, 2.05) is 0 Å². The molecule has 0 rings (SSSR count). The van der Waals surface area contributed by atoms with Crippen LogP contribution in [-0.4, -0.2) is 33.6 Å². The van der Waals surface area contributed by atoms with Gasteiger partial charge in [-0.1, -0.05) is 90.9 Å². The highest BCUT2D eigenvalue weighted by atomic mass is 16.4. The number of aliphatic hydroxyl groups is 3. The third-order valence-electron chi connectivity index (χ3n) is 4.72. The normalized spacial score (nSPS) is 13.5. The molecule has 3 N–H and O–H groups in total. The van der Waals surface area contributed by atoms with Crippen molar-refractivity contribution in [1.82, 2.24) is 0 Å². The number of rotatable bonds is 16. The highest BCUT2D eigenvalue weighted by molar-refractivity contribution is 4.86. The van der Waals surface area contributed by atoms with Crippen LogP contribution in [0.5, 0.6) is 0 Å². The molecule has 134 valence electrons. The van der Waals surface area contributed by atoms with Crippen LogP contribution in [0.15, 0.2) is 0 Å². The van der Waals surface area contributed by atoms with Crippen molar-refractivity contribution in [3.63, 3.8) is 0 Å². The topological polar surface area (TPSA) is 60.7 Å². The predicted molar refractivity (Wildman–Crippen MR) is 94.0 cm³/mol. The molecule has 3 heteroatoms. The molecule has 0 saturated carbocycles. The molecule has 0 aromatic carbocycles. The molecule has 0 aliphatic carbocycles. The summed E-state index contributed by atoms with van der Waals surface area (Å²) in [5.41, 5.74) is -1.09. The van der Waals surface area contributed by atoms with Crippen LogP contribution in [0.3, 0.4) is 0 Å². The van der Waals surface area contributed by atoms with Gasteiger partial charge in [0, 0.05) is 0 Å². The molecular formula is C19H40O3. The van der Waals surface area contributed by atoms with Crippen LogP contribution in [-0.2, 0) is 0 Å². The molecule has 0 saturated heterocycles. The SMILES string of the molecule is CCCCCCCCC(O)(CCCCCCCC)C(O)CO. The molecule has 1 atom stereocenters. The zero-order valence-electron chi connectivity index (χ0n) is 15.0. The van der Waals surface area contributed by atoms with Gasteiger partial charge in [0.15, 0.2) is 0 Å². The molecule has 0 spiro atoms. The second-order valence-corrected chi connectivity index (χ2v) is 6.84. The van der Waals surface area contributed by atoms with Gasteiger partial charge >= 0.3 is 0 Å². The molecule has 1 unspecified atom stereocenters. The van der Waals surface area contributed by atoms with Gasteiger partial charge in [0.05, 0.1) is 12.2 Å². The van der Waals surface area contributed by atoms with Crippen molar-refractivity contribution in [2.24, 2.45) is 0 Å². The maximum absolute atomic E-state index is 10.7. The van der Waals surface area contributed by atoms with Crippen LogP contribution in [0.2, 0.25) is 0 Å². The van der Waals surface area contributed by atoms with E-state index in [-0.39, 0.29) is 6.61 Å². The van der Waals surface area contributed by atoms with Crippen molar-refractivity contribution in [2.75, 3.05) is 6.61 Å². The zero-order chi connectivity index (χ0) is 16.7. The summed E-state index contributed by atoms with van der Waals surface area (Å²) in [5, 5.41) is 29.8. The first-order chi connectivity index (χ1) is 10.6. The lowest BCUT2D eigenvalue weighted by Crippen LogP contribution is -2.44. The fourth-order valence-corrected chi connectivity index (χ4v) is 3.05. The summed E-state index contributed by atoms with van der Waals surface area (Å²) in [6, 6.07) is 0. The van der Waals surface area contributed by atoms with E-state index in [1.165, 1.54) is 51.4 Å². The van der Waals surface area contributed by atoms with Crippen molar-refractivity contribution in [1.29, 1.82) is 0 Å². The van der Waals surface area contributed by atoms with Crippen molar-refractivity contribution in [2.45, 2.75) is 115 Å². The summed E-state index contributed by atoms with van der Waals surface area (Å²) >= 11 is 0. The van der Waals surface area contributed by atoms with Gasteiger partial charge in [-0.25, -0.2) is 0 Å². The second-order valence-electron chi connectivity index (χ2n) is 6.84. The molecule has 0 aliphatic heterocycles. The summed E-state index contributed by atoms with van der Waals surface area (Å²) in [7, 11) is 0. The molecule has 0 aromatic heterocycles. The third kappa shape index (κ3) is 10.6. The standard InChI is InChI=1S/C19H40O3/c1-3-5-7-9-11-13-15-19(22,18(21)17-20)16-14-12-10-8-6-4-2/h18,20-22H,3-17H2,1-2H3. The van der Waals surface area contributed by atoms with E-state index in [9.17, 15) is 15.3 Å². The summed E-state index contributed by atoms with van der Waals surface area (Å²) in [5.74, 6) is 0. The van der Waals surface area contributed by atoms with E-state index in [0.717, 1.165) is 25.7 Å². The summed E-state index contributed by atoms with van der Waals surface area (Å²) in [6.07, 6.45) is 14.3. The molecule has 0 bridgehead atoms. The Morgan fingerprint density at radius 1 is 0.682 bits per heavy atom. The molecular weight excluding hydrogens is 276 g/mol. The Morgan fingerprint density at radius 2 is 1.05 bits per heavy atom. The molecule has 3 nitrogen and oxygen atoms in total. The number of hydrogen-bond donors (Lipinski definition) is 3. The van der Waals surface area contributed by atoms with Gasteiger partial charge in [-0.3, -0.25) is 0 Å². The minimum atomic E-state index is -1.09. The Bertz CT molecular complexity index is 215. The van der Waals surface area contributed by atoms with Gasteiger partial charge in [-0.2, -0.15) is 0 Å². The van der Waals surface area contributed by atoms with Gasteiger partial charge < -0.3 is 15.3 Å². The van der Waals surface area contributed by atoms with Crippen LogP contribution >= 0.6 is 0 Å². The van der Waals surface area contributed by atoms with Crippen LogP contribution in [0.4, 0.5) is 0 Å². The number of hydrogen-bond acceptors (Lipinski definition) is 3. The highest BCUT2D eigenvalue weighted by Crippen LogP contribution is 2.26. The van der Waals surface area contributed by atoms with Gasteiger partial charge in [0.2, 0.25) is 0 Å². The molecule has 0 radical (unpaired) electrons. The Hall–Kier alpha value is -0.120. The van der Waals surface area contributed by atoms with E-state index >= 15 is 0 Å². The smallest absolute Gasteiger partial charge is 0.106 e.